The fourth-order valence-electron chi connectivity index (χ4n) is 1.76. The summed E-state index contributed by atoms with van der Waals surface area (Å²) >= 11 is 5.70. The summed E-state index contributed by atoms with van der Waals surface area (Å²) in [6.07, 6.45) is 3.46. The lowest BCUT2D eigenvalue weighted by Crippen LogP contribution is -1.81. The molecule has 0 spiro atoms. The van der Waals surface area contributed by atoms with E-state index in [1.807, 2.05) is 18.2 Å². The van der Waals surface area contributed by atoms with Gasteiger partial charge in [-0.25, -0.2) is 4.39 Å². The second-order valence-corrected chi connectivity index (χ2v) is 4.48. The van der Waals surface area contributed by atoms with Crippen molar-refractivity contribution in [1.29, 1.82) is 0 Å². The average Bonchev–Trinajstić information content (AvgIpc) is 2.87. The van der Waals surface area contributed by atoms with Gasteiger partial charge in [0.15, 0.2) is 0 Å². The third kappa shape index (κ3) is 2.48. The van der Waals surface area contributed by atoms with E-state index in [0.717, 1.165) is 16.5 Å². The van der Waals surface area contributed by atoms with Gasteiger partial charge in [0.1, 0.15) is 5.82 Å². The SMILES string of the molecule is Fc1ccc(N=Cc2ccc3[nH]ncc3c2)cc1Cl. The molecule has 94 valence electrons. The number of benzene rings is 2. The molecule has 0 atom stereocenters. The summed E-state index contributed by atoms with van der Waals surface area (Å²) in [5.74, 6) is -0.444. The van der Waals surface area contributed by atoms with E-state index >= 15 is 0 Å². The van der Waals surface area contributed by atoms with Crippen LogP contribution in [0.3, 0.4) is 0 Å². The Labute approximate surface area is 113 Å². The van der Waals surface area contributed by atoms with Gasteiger partial charge in [-0.3, -0.25) is 10.1 Å². The summed E-state index contributed by atoms with van der Waals surface area (Å²) in [6, 6.07) is 10.2. The van der Waals surface area contributed by atoms with Crippen molar-refractivity contribution in [3.05, 3.63) is 59.0 Å². The number of aromatic nitrogens is 2. The van der Waals surface area contributed by atoms with E-state index in [1.54, 1.807) is 18.5 Å². The minimum absolute atomic E-state index is 0.0694. The Balaban J connectivity index is 1.90. The molecule has 0 unspecified atom stereocenters. The first-order chi connectivity index (χ1) is 9.22. The van der Waals surface area contributed by atoms with Crippen LogP contribution < -0.4 is 0 Å². The second kappa shape index (κ2) is 4.82. The highest BCUT2D eigenvalue weighted by Crippen LogP contribution is 2.21. The first-order valence-corrected chi connectivity index (χ1v) is 6.02. The van der Waals surface area contributed by atoms with Crippen LogP contribution in [-0.4, -0.2) is 16.4 Å². The normalized spacial score (nSPS) is 11.5. The fourth-order valence-corrected chi connectivity index (χ4v) is 1.93. The van der Waals surface area contributed by atoms with Crippen LogP contribution >= 0.6 is 11.6 Å². The Bertz CT molecular complexity index is 764. The van der Waals surface area contributed by atoms with Crippen molar-refractivity contribution in [2.45, 2.75) is 0 Å². The smallest absolute Gasteiger partial charge is 0.141 e. The molecule has 19 heavy (non-hydrogen) atoms. The third-order valence-corrected chi connectivity index (χ3v) is 3.02. The van der Waals surface area contributed by atoms with Crippen molar-refractivity contribution in [1.82, 2.24) is 10.2 Å². The van der Waals surface area contributed by atoms with Crippen LogP contribution in [0.2, 0.25) is 5.02 Å². The van der Waals surface area contributed by atoms with Gasteiger partial charge in [-0.05, 0) is 35.9 Å². The predicted molar refractivity (Wildman–Crippen MR) is 74.8 cm³/mol. The molecule has 0 amide bonds. The topological polar surface area (TPSA) is 41.0 Å². The molecule has 0 aliphatic carbocycles. The molecule has 3 aromatic rings. The Morgan fingerprint density at radius 2 is 2.11 bits per heavy atom. The van der Waals surface area contributed by atoms with Gasteiger partial charge >= 0.3 is 0 Å². The van der Waals surface area contributed by atoms with E-state index in [4.69, 9.17) is 11.6 Å². The van der Waals surface area contributed by atoms with Crippen molar-refractivity contribution in [3.8, 4) is 0 Å². The number of nitrogens with one attached hydrogen (secondary N) is 1. The molecule has 1 aromatic heterocycles. The lowest BCUT2D eigenvalue weighted by Gasteiger charge is -1.97. The molecule has 0 aliphatic heterocycles. The molecular formula is C14H9ClFN3. The third-order valence-electron chi connectivity index (χ3n) is 2.73. The maximum atomic E-state index is 13.0. The molecule has 0 radical (unpaired) electrons. The highest BCUT2D eigenvalue weighted by atomic mass is 35.5. The summed E-state index contributed by atoms with van der Waals surface area (Å²) < 4.78 is 13.0. The number of hydrogen-bond donors (Lipinski definition) is 1. The lowest BCUT2D eigenvalue weighted by molar-refractivity contribution is 0.628. The van der Waals surface area contributed by atoms with E-state index in [9.17, 15) is 4.39 Å². The fraction of sp³-hybridized carbons (Fsp3) is 0. The zero-order valence-corrected chi connectivity index (χ0v) is 10.5. The Morgan fingerprint density at radius 1 is 1.21 bits per heavy atom. The Morgan fingerprint density at radius 3 is 2.95 bits per heavy atom. The zero-order valence-electron chi connectivity index (χ0n) is 9.77. The molecule has 5 heteroatoms. The first-order valence-electron chi connectivity index (χ1n) is 5.64. The van der Waals surface area contributed by atoms with Crippen LogP contribution in [0, 0.1) is 5.82 Å². The van der Waals surface area contributed by atoms with Crippen molar-refractivity contribution in [2.24, 2.45) is 4.99 Å². The van der Waals surface area contributed by atoms with Gasteiger partial charge in [-0.15, -0.1) is 0 Å². The summed E-state index contributed by atoms with van der Waals surface area (Å²) in [4.78, 5) is 4.26. The quantitative estimate of drug-likeness (QED) is 0.702. The summed E-state index contributed by atoms with van der Waals surface area (Å²) in [7, 11) is 0. The predicted octanol–water partition coefficient (Wildman–Crippen LogP) is 4.11. The number of rotatable bonds is 2. The first kappa shape index (κ1) is 11.9. The number of nitrogens with zero attached hydrogens (tertiary/aromatic N) is 2. The van der Waals surface area contributed by atoms with Crippen LogP contribution in [0.15, 0.2) is 47.6 Å². The second-order valence-electron chi connectivity index (χ2n) is 4.07. The summed E-state index contributed by atoms with van der Waals surface area (Å²) in [5, 5.41) is 7.92. The number of fused-ring (bicyclic) bond motifs is 1. The van der Waals surface area contributed by atoms with E-state index in [0.29, 0.717) is 5.69 Å². The van der Waals surface area contributed by atoms with Crippen molar-refractivity contribution in [2.75, 3.05) is 0 Å². The highest BCUT2D eigenvalue weighted by Gasteiger charge is 1.99. The molecule has 3 nitrogen and oxygen atoms in total. The van der Waals surface area contributed by atoms with Gasteiger partial charge in [0.2, 0.25) is 0 Å². The van der Waals surface area contributed by atoms with Gasteiger partial charge in [0.05, 0.1) is 22.4 Å². The number of aromatic amines is 1. The van der Waals surface area contributed by atoms with Gasteiger partial charge in [0, 0.05) is 11.6 Å². The lowest BCUT2D eigenvalue weighted by atomic mass is 10.2. The monoisotopic (exact) mass is 273 g/mol. The average molecular weight is 274 g/mol. The molecule has 0 saturated heterocycles. The molecule has 2 aromatic carbocycles. The summed E-state index contributed by atoms with van der Waals surface area (Å²) in [6.45, 7) is 0. The molecule has 0 bridgehead atoms. The summed E-state index contributed by atoms with van der Waals surface area (Å²) in [5.41, 5.74) is 2.52. The van der Waals surface area contributed by atoms with Crippen molar-refractivity contribution >= 4 is 34.4 Å². The van der Waals surface area contributed by atoms with Crippen LogP contribution in [0.5, 0.6) is 0 Å². The largest absolute Gasteiger partial charge is 0.278 e. The molecule has 0 saturated carbocycles. The number of halogens is 2. The molecular weight excluding hydrogens is 265 g/mol. The van der Waals surface area contributed by atoms with Crippen LogP contribution in [-0.2, 0) is 0 Å². The minimum atomic E-state index is -0.444. The number of H-pyrrole nitrogens is 1. The molecule has 0 fully saturated rings. The Kier molecular flexibility index (Phi) is 3.01. The van der Waals surface area contributed by atoms with Gasteiger partial charge in [0.25, 0.3) is 0 Å². The Hall–Kier alpha value is -2.20. The highest BCUT2D eigenvalue weighted by molar-refractivity contribution is 6.31. The minimum Gasteiger partial charge on any atom is -0.278 e. The molecule has 0 aliphatic rings. The molecule has 3 rings (SSSR count). The van der Waals surface area contributed by atoms with Gasteiger partial charge < -0.3 is 0 Å². The van der Waals surface area contributed by atoms with E-state index in [1.165, 1.54) is 12.1 Å². The van der Waals surface area contributed by atoms with Crippen LogP contribution in [0.25, 0.3) is 10.9 Å². The number of aliphatic imine (C=N–C) groups is 1. The molecule has 1 N–H and O–H groups in total. The maximum Gasteiger partial charge on any atom is 0.141 e. The van der Waals surface area contributed by atoms with E-state index in [2.05, 4.69) is 15.2 Å². The number of hydrogen-bond acceptors (Lipinski definition) is 2. The van der Waals surface area contributed by atoms with Crippen LogP contribution in [0.1, 0.15) is 5.56 Å². The van der Waals surface area contributed by atoms with Gasteiger partial charge in [-0.2, -0.15) is 5.10 Å². The zero-order chi connectivity index (χ0) is 13.2. The van der Waals surface area contributed by atoms with E-state index < -0.39 is 5.82 Å². The van der Waals surface area contributed by atoms with Crippen molar-refractivity contribution in [3.63, 3.8) is 0 Å². The molecule has 1 heterocycles. The van der Waals surface area contributed by atoms with E-state index in [-0.39, 0.29) is 5.02 Å². The standard InChI is InChI=1S/C14H9ClFN3/c15-12-6-11(2-3-13(12)16)17-7-9-1-4-14-10(5-9)8-18-19-14/h1-8H,(H,18,19). The van der Waals surface area contributed by atoms with Crippen molar-refractivity contribution < 1.29 is 4.39 Å². The van der Waals surface area contributed by atoms with Crippen LogP contribution in [0.4, 0.5) is 10.1 Å². The van der Waals surface area contributed by atoms with Gasteiger partial charge in [-0.1, -0.05) is 17.7 Å². The maximum absolute atomic E-state index is 13.0.